The molecule has 0 radical (unpaired) electrons. The molecule has 8 aromatic rings. The van der Waals surface area contributed by atoms with Crippen molar-refractivity contribution < 1.29 is 4.42 Å². The molecule has 2 aliphatic carbocycles. The van der Waals surface area contributed by atoms with Gasteiger partial charge < -0.3 is 9.32 Å². The molecule has 0 saturated carbocycles. The summed E-state index contributed by atoms with van der Waals surface area (Å²) < 4.78 is 6.97. The summed E-state index contributed by atoms with van der Waals surface area (Å²) >= 11 is 0. The lowest BCUT2D eigenvalue weighted by atomic mass is 9.73. The summed E-state index contributed by atoms with van der Waals surface area (Å²) in [5.41, 5.74) is 16.5. The summed E-state index contributed by atoms with van der Waals surface area (Å²) in [6.07, 6.45) is 0. The van der Waals surface area contributed by atoms with Crippen molar-refractivity contribution in [2.24, 2.45) is 0 Å². The Hall–Kier alpha value is -5.86. The largest absolute Gasteiger partial charge is 0.454 e. The zero-order chi connectivity index (χ0) is 32.9. The van der Waals surface area contributed by atoms with E-state index in [4.69, 9.17) is 4.42 Å². The highest BCUT2D eigenvalue weighted by Gasteiger charge is 2.42. The first-order valence-electron chi connectivity index (χ1n) is 17.2. The maximum absolute atomic E-state index is 6.97. The van der Waals surface area contributed by atoms with Crippen LogP contribution in [0.3, 0.4) is 0 Å². The summed E-state index contributed by atoms with van der Waals surface area (Å²) in [5, 5.41) is 2.30. The number of para-hydroxylation sites is 2. The highest BCUT2D eigenvalue weighted by atomic mass is 16.3. The third-order valence-corrected chi connectivity index (χ3v) is 11.3. The Balaban J connectivity index is 1.22. The monoisotopic (exact) mass is 629 g/mol. The van der Waals surface area contributed by atoms with Gasteiger partial charge in [0.2, 0.25) is 0 Å². The van der Waals surface area contributed by atoms with Crippen LogP contribution in [0.5, 0.6) is 0 Å². The Labute approximate surface area is 286 Å². The normalized spacial score (nSPS) is 14.8. The Morgan fingerprint density at radius 1 is 0.449 bits per heavy atom. The Bertz CT molecular complexity index is 2560. The van der Waals surface area contributed by atoms with Gasteiger partial charge in [0.1, 0.15) is 5.58 Å². The number of fused-ring (bicyclic) bond motifs is 9. The average molecular weight is 630 g/mol. The quantitative estimate of drug-likeness (QED) is 0.193. The molecule has 0 fully saturated rings. The number of anilines is 3. The summed E-state index contributed by atoms with van der Waals surface area (Å²) in [7, 11) is 0. The summed E-state index contributed by atoms with van der Waals surface area (Å²) in [4.78, 5) is 2.37. The van der Waals surface area contributed by atoms with Crippen LogP contribution >= 0.6 is 0 Å². The Morgan fingerprint density at radius 3 is 1.73 bits per heavy atom. The molecule has 2 nitrogen and oxygen atoms in total. The van der Waals surface area contributed by atoms with Crippen molar-refractivity contribution in [2.75, 3.05) is 4.90 Å². The third-order valence-electron chi connectivity index (χ3n) is 11.3. The Kier molecular flexibility index (Phi) is 5.79. The number of benzene rings is 7. The van der Waals surface area contributed by atoms with Gasteiger partial charge in [-0.05, 0) is 93.4 Å². The van der Waals surface area contributed by atoms with E-state index in [9.17, 15) is 0 Å². The predicted molar refractivity (Wildman–Crippen MR) is 203 cm³/mol. The SMILES string of the molecule is CC1(C)c2ccccc2-c2ccc(N(c3ccccc3)c3cccc4c3oc3cccc(C5(C)c6ccccc6-c6ccccc65)c34)cc21. The molecule has 2 heteroatoms. The number of furan rings is 1. The molecule has 0 N–H and O–H groups in total. The second-order valence-electron chi connectivity index (χ2n) is 14.2. The van der Waals surface area contributed by atoms with Crippen molar-refractivity contribution in [1.29, 1.82) is 0 Å². The van der Waals surface area contributed by atoms with Crippen LogP contribution in [0.4, 0.5) is 17.1 Å². The second-order valence-corrected chi connectivity index (χ2v) is 14.2. The van der Waals surface area contributed by atoms with Gasteiger partial charge in [0.05, 0.1) is 5.69 Å². The molecule has 10 rings (SSSR count). The molecule has 49 heavy (non-hydrogen) atoms. The molecule has 0 amide bonds. The van der Waals surface area contributed by atoms with Crippen LogP contribution in [-0.2, 0) is 10.8 Å². The first kappa shape index (κ1) is 28.2. The smallest absolute Gasteiger partial charge is 0.159 e. The van der Waals surface area contributed by atoms with Gasteiger partial charge in [-0.3, -0.25) is 0 Å². The van der Waals surface area contributed by atoms with Crippen LogP contribution in [0.1, 0.15) is 48.6 Å². The lowest BCUT2D eigenvalue weighted by molar-refractivity contribution is 0.660. The van der Waals surface area contributed by atoms with E-state index < -0.39 is 0 Å². The van der Waals surface area contributed by atoms with Crippen molar-refractivity contribution >= 4 is 39.0 Å². The molecule has 2 aliphatic rings. The highest BCUT2D eigenvalue weighted by molar-refractivity contribution is 6.12. The van der Waals surface area contributed by atoms with Gasteiger partial charge in [-0.1, -0.05) is 135 Å². The molecule has 0 spiro atoms. The van der Waals surface area contributed by atoms with Crippen LogP contribution in [0, 0.1) is 0 Å². The molecule has 0 aliphatic heterocycles. The van der Waals surface area contributed by atoms with Crippen molar-refractivity contribution in [3.05, 3.63) is 186 Å². The number of nitrogens with zero attached hydrogens (tertiary/aromatic N) is 1. The van der Waals surface area contributed by atoms with Gasteiger partial charge in [0.25, 0.3) is 0 Å². The van der Waals surface area contributed by atoms with Crippen molar-refractivity contribution in [3.63, 3.8) is 0 Å². The minimum atomic E-state index is -0.334. The van der Waals surface area contributed by atoms with E-state index in [1.165, 1.54) is 55.5 Å². The van der Waals surface area contributed by atoms with E-state index in [2.05, 4.69) is 183 Å². The van der Waals surface area contributed by atoms with Crippen molar-refractivity contribution in [2.45, 2.75) is 31.6 Å². The molecule has 0 atom stereocenters. The molecular weight excluding hydrogens is 595 g/mol. The lowest BCUT2D eigenvalue weighted by Gasteiger charge is -2.29. The summed E-state index contributed by atoms with van der Waals surface area (Å²) in [5.74, 6) is 0. The van der Waals surface area contributed by atoms with Gasteiger partial charge in [-0.15, -0.1) is 0 Å². The fourth-order valence-corrected chi connectivity index (χ4v) is 9.00. The van der Waals surface area contributed by atoms with Gasteiger partial charge in [0, 0.05) is 33.0 Å². The first-order valence-corrected chi connectivity index (χ1v) is 17.2. The van der Waals surface area contributed by atoms with E-state index in [1.807, 2.05) is 0 Å². The molecule has 7 aromatic carbocycles. The summed E-state index contributed by atoms with van der Waals surface area (Å²) in [6.45, 7) is 7.07. The number of hydrogen-bond donors (Lipinski definition) is 0. The fourth-order valence-electron chi connectivity index (χ4n) is 9.00. The third kappa shape index (κ3) is 3.77. The van der Waals surface area contributed by atoms with E-state index in [0.29, 0.717) is 0 Å². The van der Waals surface area contributed by atoms with E-state index in [1.54, 1.807) is 0 Å². The number of hydrogen-bond acceptors (Lipinski definition) is 2. The molecule has 0 bridgehead atoms. The number of rotatable bonds is 4. The maximum Gasteiger partial charge on any atom is 0.159 e. The van der Waals surface area contributed by atoms with Crippen molar-refractivity contribution in [1.82, 2.24) is 0 Å². The highest BCUT2D eigenvalue weighted by Crippen LogP contribution is 2.55. The molecule has 234 valence electrons. The van der Waals surface area contributed by atoms with Gasteiger partial charge >= 0.3 is 0 Å². The zero-order valence-electron chi connectivity index (χ0n) is 27.9. The van der Waals surface area contributed by atoms with Crippen LogP contribution in [-0.4, -0.2) is 0 Å². The minimum Gasteiger partial charge on any atom is -0.454 e. The molecular formula is C47H35NO. The first-order chi connectivity index (χ1) is 24.0. The van der Waals surface area contributed by atoms with Crippen LogP contribution < -0.4 is 4.90 Å². The molecule has 0 unspecified atom stereocenters. The molecule has 1 aromatic heterocycles. The predicted octanol–water partition coefficient (Wildman–Crippen LogP) is 12.7. The fraction of sp³-hybridized carbons (Fsp3) is 0.106. The minimum absolute atomic E-state index is 0.103. The lowest BCUT2D eigenvalue weighted by Crippen LogP contribution is -2.22. The molecule has 0 saturated heterocycles. The van der Waals surface area contributed by atoms with Crippen LogP contribution in [0.15, 0.2) is 162 Å². The van der Waals surface area contributed by atoms with E-state index >= 15 is 0 Å². The van der Waals surface area contributed by atoms with Gasteiger partial charge in [0.15, 0.2) is 5.58 Å². The van der Waals surface area contributed by atoms with E-state index in [0.717, 1.165) is 33.6 Å². The maximum atomic E-state index is 6.97. The standard InChI is InChI=1S/C47H35NO/c1-46(2)37-21-10-7-17-32(37)35-28-27-31(29-41(35)46)48(30-15-5-4-6-16-30)42-25-13-20-36-44-40(24-14-26-43(44)49-45(36)42)47(3)38-22-11-8-18-33(38)34-19-9-12-23-39(34)47/h4-29H,1-3H3. The van der Waals surface area contributed by atoms with E-state index in [-0.39, 0.29) is 10.8 Å². The van der Waals surface area contributed by atoms with Gasteiger partial charge in [-0.25, -0.2) is 0 Å². The molecule has 1 heterocycles. The zero-order valence-corrected chi connectivity index (χ0v) is 27.9. The van der Waals surface area contributed by atoms with Crippen molar-refractivity contribution in [3.8, 4) is 22.3 Å². The summed E-state index contributed by atoms with van der Waals surface area (Å²) in [6, 6.07) is 57.5. The van der Waals surface area contributed by atoms with Gasteiger partial charge in [-0.2, -0.15) is 0 Å². The topological polar surface area (TPSA) is 16.4 Å². The van der Waals surface area contributed by atoms with Crippen LogP contribution in [0.2, 0.25) is 0 Å². The Morgan fingerprint density at radius 2 is 1.02 bits per heavy atom. The van der Waals surface area contributed by atoms with Crippen LogP contribution in [0.25, 0.3) is 44.2 Å². The second kappa shape index (κ2) is 10.1. The average Bonchev–Trinajstić information content (AvgIpc) is 3.74.